The maximum absolute atomic E-state index is 12.0. The number of carboxylic acids is 3. The number of aliphatic carboxylic acids is 3. The first-order chi connectivity index (χ1) is 13.7. The molecule has 0 fully saturated rings. The Balaban J connectivity index is 2.18. The number of alkyl carbamates (subject to hydrolysis) is 1. The average molecular weight is 404 g/mol. The zero-order valence-corrected chi connectivity index (χ0v) is 15.3. The first-order valence-corrected chi connectivity index (χ1v) is 8.52. The number of carbonyl (C=O) groups is 4. The number of nitrogens with one attached hydrogen (secondary N) is 1. The Kier molecular flexibility index (Phi) is 7.10. The second-order valence-corrected chi connectivity index (χ2v) is 6.27. The standard InChI is InChI=1S/C19H20N2O8/c22-15(23)10-21(11-16(24)25)19(17(26)27)8-4-7-14(9-19)20-18(28)29-12-13-5-2-1-3-6-13/h1-7,9H,8,10-12H2,(H,20,28)(H,22,23)(H,24,25)(H,26,27). The fourth-order valence-electron chi connectivity index (χ4n) is 2.85. The molecule has 0 saturated carbocycles. The van der Waals surface area contributed by atoms with E-state index in [1.165, 1.54) is 12.2 Å². The van der Waals surface area contributed by atoms with Gasteiger partial charge in [0.15, 0.2) is 0 Å². The third kappa shape index (κ3) is 5.91. The van der Waals surface area contributed by atoms with Crippen molar-refractivity contribution in [3.63, 3.8) is 0 Å². The number of carboxylic acid groups (broad SMARTS) is 3. The lowest BCUT2D eigenvalue weighted by Gasteiger charge is -2.37. The molecule has 2 rings (SSSR count). The van der Waals surface area contributed by atoms with Gasteiger partial charge in [0.05, 0.1) is 13.1 Å². The predicted molar refractivity (Wildman–Crippen MR) is 98.8 cm³/mol. The highest BCUT2D eigenvalue weighted by Crippen LogP contribution is 2.28. The third-order valence-corrected chi connectivity index (χ3v) is 4.17. The van der Waals surface area contributed by atoms with Crippen molar-refractivity contribution >= 4 is 24.0 Å². The number of nitrogens with zero attached hydrogens (tertiary/aromatic N) is 1. The summed E-state index contributed by atoms with van der Waals surface area (Å²) in [7, 11) is 0. The van der Waals surface area contributed by atoms with E-state index in [0.717, 1.165) is 16.5 Å². The van der Waals surface area contributed by atoms with E-state index in [1.807, 2.05) is 6.07 Å². The van der Waals surface area contributed by atoms with Gasteiger partial charge in [-0.05, 0) is 24.1 Å². The van der Waals surface area contributed by atoms with Crippen LogP contribution in [-0.4, -0.2) is 62.8 Å². The third-order valence-electron chi connectivity index (χ3n) is 4.17. The lowest BCUT2D eigenvalue weighted by atomic mass is 9.87. The quantitative estimate of drug-likeness (QED) is 0.473. The van der Waals surface area contributed by atoms with Crippen molar-refractivity contribution in [3.05, 3.63) is 59.8 Å². The summed E-state index contributed by atoms with van der Waals surface area (Å²) >= 11 is 0. The second-order valence-electron chi connectivity index (χ2n) is 6.27. The van der Waals surface area contributed by atoms with Gasteiger partial charge in [0, 0.05) is 5.70 Å². The molecule has 10 nitrogen and oxygen atoms in total. The minimum atomic E-state index is -1.95. The predicted octanol–water partition coefficient (Wildman–Crippen LogP) is 1.05. The van der Waals surface area contributed by atoms with Crippen molar-refractivity contribution in [2.24, 2.45) is 0 Å². The Labute approximate surface area is 165 Å². The molecule has 10 heteroatoms. The second kappa shape index (κ2) is 9.51. The van der Waals surface area contributed by atoms with Crippen molar-refractivity contribution < 1.29 is 39.2 Å². The molecule has 0 spiro atoms. The van der Waals surface area contributed by atoms with Gasteiger partial charge in [-0.3, -0.25) is 19.8 Å². The van der Waals surface area contributed by atoms with Crippen LogP contribution in [0, 0.1) is 0 Å². The van der Waals surface area contributed by atoms with Gasteiger partial charge in [0.2, 0.25) is 0 Å². The number of amides is 1. The van der Waals surface area contributed by atoms with Gasteiger partial charge in [-0.25, -0.2) is 9.59 Å². The van der Waals surface area contributed by atoms with Gasteiger partial charge in [0.1, 0.15) is 12.1 Å². The van der Waals surface area contributed by atoms with Crippen molar-refractivity contribution in [1.82, 2.24) is 10.2 Å². The molecule has 1 aliphatic carbocycles. The van der Waals surface area contributed by atoms with E-state index >= 15 is 0 Å². The lowest BCUT2D eigenvalue weighted by Crippen LogP contribution is -2.57. The molecule has 1 aromatic carbocycles. The Morgan fingerprint density at radius 3 is 2.21 bits per heavy atom. The smallest absolute Gasteiger partial charge is 0.411 e. The minimum absolute atomic E-state index is 0.00209. The van der Waals surface area contributed by atoms with Crippen molar-refractivity contribution in [3.8, 4) is 0 Å². The van der Waals surface area contributed by atoms with Gasteiger partial charge in [-0.15, -0.1) is 0 Å². The summed E-state index contributed by atoms with van der Waals surface area (Å²) in [5, 5.41) is 30.2. The average Bonchev–Trinajstić information content (AvgIpc) is 2.66. The molecule has 29 heavy (non-hydrogen) atoms. The first-order valence-electron chi connectivity index (χ1n) is 8.52. The molecule has 1 aromatic rings. The van der Waals surface area contributed by atoms with Crippen LogP contribution in [0.25, 0.3) is 0 Å². The topological polar surface area (TPSA) is 153 Å². The number of hydrogen-bond donors (Lipinski definition) is 4. The number of rotatable bonds is 9. The Morgan fingerprint density at radius 2 is 1.66 bits per heavy atom. The minimum Gasteiger partial charge on any atom is -0.480 e. The Hall–Kier alpha value is -3.66. The molecule has 154 valence electrons. The van der Waals surface area contributed by atoms with Crippen LogP contribution >= 0.6 is 0 Å². The highest BCUT2D eigenvalue weighted by Gasteiger charge is 2.45. The fourth-order valence-corrected chi connectivity index (χ4v) is 2.85. The monoisotopic (exact) mass is 404 g/mol. The zero-order chi connectivity index (χ0) is 21.4. The number of hydrogen-bond acceptors (Lipinski definition) is 6. The maximum atomic E-state index is 12.0. The molecule has 1 amide bonds. The maximum Gasteiger partial charge on any atom is 0.411 e. The van der Waals surface area contributed by atoms with Crippen LogP contribution in [0.15, 0.2) is 54.3 Å². The Bertz CT molecular complexity index is 833. The Morgan fingerprint density at radius 1 is 1.03 bits per heavy atom. The van der Waals surface area contributed by atoms with Crippen LogP contribution in [0.2, 0.25) is 0 Å². The highest BCUT2D eigenvalue weighted by molar-refractivity contribution is 5.85. The van der Waals surface area contributed by atoms with Gasteiger partial charge < -0.3 is 20.1 Å². The molecule has 4 N–H and O–H groups in total. The molecular weight excluding hydrogens is 384 g/mol. The van der Waals surface area contributed by atoms with E-state index in [4.69, 9.17) is 14.9 Å². The summed E-state index contributed by atoms with van der Waals surface area (Å²) < 4.78 is 5.08. The van der Waals surface area contributed by atoms with E-state index in [2.05, 4.69) is 5.32 Å². The number of carbonyl (C=O) groups excluding carboxylic acids is 1. The van der Waals surface area contributed by atoms with Gasteiger partial charge in [-0.2, -0.15) is 0 Å². The molecule has 1 atom stereocenters. The van der Waals surface area contributed by atoms with E-state index in [9.17, 15) is 24.3 Å². The van der Waals surface area contributed by atoms with Crippen molar-refractivity contribution in [2.75, 3.05) is 13.1 Å². The number of allylic oxidation sites excluding steroid dienone is 1. The van der Waals surface area contributed by atoms with E-state index in [0.29, 0.717) is 0 Å². The molecule has 1 aliphatic rings. The fraction of sp³-hybridized carbons (Fsp3) is 0.263. The molecular formula is C19H20N2O8. The lowest BCUT2D eigenvalue weighted by molar-refractivity contribution is -0.154. The summed E-state index contributed by atoms with van der Waals surface area (Å²) in [6, 6.07) is 8.90. The molecule has 1 unspecified atom stereocenters. The van der Waals surface area contributed by atoms with E-state index in [-0.39, 0.29) is 18.7 Å². The molecule has 0 radical (unpaired) electrons. The largest absolute Gasteiger partial charge is 0.480 e. The zero-order valence-electron chi connectivity index (χ0n) is 15.3. The molecule has 0 saturated heterocycles. The summed E-state index contributed by atoms with van der Waals surface area (Å²) in [6.07, 6.45) is 2.95. The van der Waals surface area contributed by atoms with Crippen LogP contribution in [0.5, 0.6) is 0 Å². The van der Waals surface area contributed by atoms with E-state index < -0.39 is 42.6 Å². The highest BCUT2D eigenvalue weighted by atomic mass is 16.5. The van der Waals surface area contributed by atoms with Crippen LogP contribution in [-0.2, 0) is 25.7 Å². The van der Waals surface area contributed by atoms with Crippen LogP contribution in [0.1, 0.15) is 12.0 Å². The molecule has 0 bridgehead atoms. The van der Waals surface area contributed by atoms with Crippen LogP contribution in [0.3, 0.4) is 0 Å². The van der Waals surface area contributed by atoms with Crippen molar-refractivity contribution in [1.29, 1.82) is 0 Å². The number of ether oxygens (including phenoxy) is 1. The summed E-state index contributed by atoms with van der Waals surface area (Å²) in [6.45, 7) is -1.62. The number of benzene rings is 1. The molecule has 0 aromatic heterocycles. The van der Waals surface area contributed by atoms with Gasteiger partial charge >= 0.3 is 24.0 Å². The normalized spacial score (nSPS) is 18.0. The molecule has 0 aliphatic heterocycles. The van der Waals surface area contributed by atoms with Gasteiger partial charge in [-0.1, -0.05) is 36.4 Å². The molecule has 0 heterocycles. The van der Waals surface area contributed by atoms with Crippen LogP contribution < -0.4 is 5.32 Å². The summed E-state index contributed by atoms with van der Waals surface area (Å²) in [5.74, 6) is -4.21. The SMILES string of the molecule is O=C(O)CN(CC(=O)O)C1(C(=O)O)C=C(NC(=O)OCc2ccccc2)C=CC1. The summed E-state index contributed by atoms with van der Waals surface area (Å²) in [4.78, 5) is 47.1. The summed E-state index contributed by atoms with van der Waals surface area (Å²) in [5.41, 5.74) is -1.14. The van der Waals surface area contributed by atoms with Crippen LogP contribution in [0.4, 0.5) is 4.79 Å². The van der Waals surface area contributed by atoms with Gasteiger partial charge in [0.25, 0.3) is 0 Å². The first kappa shape index (κ1) is 21.6. The van der Waals surface area contributed by atoms with Crippen molar-refractivity contribution in [2.45, 2.75) is 18.6 Å². The van der Waals surface area contributed by atoms with E-state index in [1.54, 1.807) is 24.3 Å².